The van der Waals surface area contributed by atoms with Gasteiger partial charge in [0.15, 0.2) is 10.6 Å². The Kier molecular flexibility index (Phi) is 4.73. The zero-order valence-corrected chi connectivity index (χ0v) is 14.0. The lowest BCUT2D eigenvalue weighted by molar-refractivity contribution is -0.188. The molecule has 1 aliphatic rings. The van der Waals surface area contributed by atoms with Gasteiger partial charge in [0.25, 0.3) is 0 Å². The molecule has 1 fully saturated rings. The fourth-order valence-electron chi connectivity index (χ4n) is 2.97. The molecule has 9 heteroatoms. The Bertz CT molecular complexity index is 753. The Morgan fingerprint density at radius 2 is 2.17 bits per heavy atom. The van der Waals surface area contributed by atoms with E-state index in [1.54, 1.807) is 39.7 Å². The maximum Gasteiger partial charge on any atom is 0.393 e. The summed E-state index contributed by atoms with van der Waals surface area (Å²) in [6, 6.07) is 3.67. The summed E-state index contributed by atoms with van der Waals surface area (Å²) in [7, 11) is 1.79. The number of rotatable bonds is 3. The molecule has 24 heavy (non-hydrogen) atoms. The summed E-state index contributed by atoms with van der Waals surface area (Å²) in [5.74, 6) is -0.626. The van der Waals surface area contributed by atoms with Crippen LogP contribution in [-0.4, -0.2) is 43.5 Å². The van der Waals surface area contributed by atoms with Crippen molar-refractivity contribution in [3.63, 3.8) is 0 Å². The fraction of sp³-hybridized carbons (Fsp3) is 0.533. The number of pyridine rings is 1. The third kappa shape index (κ3) is 3.51. The Morgan fingerprint density at radius 3 is 2.83 bits per heavy atom. The predicted octanol–water partition coefficient (Wildman–Crippen LogP) is 3.24. The highest BCUT2D eigenvalue weighted by molar-refractivity contribution is 7.71. The van der Waals surface area contributed by atoms with Gasteiger partial charge in [0.05, 0.1) is 12.6 Å². The number of halogens is 3. The smallest absolute Gasteiger partial charge is 0.303 e. The average Bonchev–Trinajstić information content (AvgIpc) is 2.84. The van der Waals surface area contributed by atoms with Crippen molar-refractivity contribution in [2.45, 2.75) is 25.7 Å². The van der Waals surface area contributed by atoms with Crippen LogP contribution in [0.25, 0.3) is 11.4 Å². The molecular formula is C15H18F3N5S. The van der Waals surface area contributed by atoms with E-state index in [2.05, 4.69) is 10.1 Å². The Labute approximate surface area is 142 Å². The van der Waals surface area contributed by atoms with Gasteiger partial charge in [-0.15, -0.1) is 0 Å². The zero-order valence-electron chi connectivity index (χ0n) is 13.2. The van der Waals surface area contributed by atoms with Crippen molar-refractivity contribution >= 4 is 12.2 Å². The molecule has 0 spiro atoms. The molecule has 130 valence electrons. The van der Waals surface area contributed by atoms with Crippen LogP contribution < -0.4 is 0 Å². The van der Waals surface area contributed by atoms with Crippen molar-refractivity contribution in [2.75, 3.05) is 13.1 Å². The Morgan fingerprint density at radius 1 is 1.38 bits per heavy atom. The lowest BCUT2D eigenvalue weighted by atomic mass is 9.98. The predicted molar refractivity (Wildman–Crippen MR) is 85.6 cm³/mol. The second-order valence-corrected chi connectivity index (χ2v) is 6.37. The van der Waals surface area contributed by atoms with Crippen LogP contribution in [0.2, 0.25) is 0 Å². The molecule has 3 heterocycles. The van der Waals surface area contributed by atoms with E-state index in [0.29, 0.717) is 23.6 Å². The van der Waals surface area contributed by atoms with E-state index in [4.69, 9.17) is 12.2 Å². The van der Waals surface area contributed by atoms with Crippen LogP contribution in [0.4, 0.5) is 13.2 Å². The average molecular weight is 357 g/mol. The van der Waals surface area contributed by atoms with Crippen molar-refractivity contribution in [1.82, 2.24) is 24.2 Å². The molecule has 5 nitrogen and oxygen atoms in total. The first-order chi connectivity index (χ1) is 11.4. The van der Waals surface area contributed by atoms with Gasteiger partial charge in [0, 0.05) is 31.5 Å². The molecule has 0 aliphatic carbocycles. The molecule has 1 atom stereocenters. The van der Waals surface area contributed by atoms with Gasteiger partial charge in [-0.3, -0.25) is 9.88 Å². The van der Waals surface area contributed by atoms with Crippen molar-refractivity contribution in [3.8, 4) is 11.4 Å². The molecule has 0 bridgehead atoms. The van der Waals surface area contributed by atoms with Crippen molar-refractivity contribution in [3.05, 3.63) is 29.3 Å². The summed E-state index contributed by atoms with van der Waals surface area (Å²) in [6.45, 7) is 0.872. The molecule has 0 radical (unpaired) electrons. The van der Waals surface area contributed by atoms with Gasteiger partial charge >= 0.3 is 6.18 Å². The summed E-state index contributed by atoms with van der Waals surface area (Å²) in [5.41, 5.74) is 0.816. The highest BCUT2D eigenvalue weighted by Crippen LogP contribution is 2.33. The van der Waals surface area contributed by atoms with E-state index in [1.807, 2.05) is 6.07 Å². The normalized spacial score (nSPS) is 19.6. The van der Waals surface area contributed by atoms with Crippen LogP contribution >= 0.6 is 12.2 Å². The van der Waals surface area contributed by atoms with Gasteiger partial charge in [-0.2, -0.15) is 18.3 Å². The van der Waals surface area contributed by atoms with Gasteiger partial charge in [0.2, 0.25) is 0 Å². The van der Waals surface area contributed by atoms with Crippen LogP contribution in [-0.2, 0) is 13.7 Å². The van der Waals surface area contributed by atoms with Crippen LogP contribution in [0.3, 0.4) is 0 Å². The standard InChI is InChI=1S/C15H18F3N5S/c1-21-13(11-4-2-6-19-8-11)20-23(14(21)24)10-22-7-3-5-12(9-22)15(16,17)18/h2,4,6,8,12H,3,5,7,9-10H2,1H3/t12-/m1/s1. The van der Waals surface area contributed by atoms with Crippen molar-refractivity contribution < 1.29 is 13.2 Å². The quantitative estimate of drug-likeness (QED) is 0.791. The molecule has 0 aromatic carbocycles. The summed E-state index contributed by atoms with van der Waals surface area (Å²) >= 11 is 5.38. The maximum absolute atomic E-state index is 12.9. The number of likely N-dealkylation sites (tertiary alicyclic amines) is 1. The number of piperidine rings is 1. The van der Waals surface area contributed by atoms with E-state index in [1.165, 1.54) is 0 Å². The first-order valence-corrected chi connectivity index (χ1v) is 8.10. The molecule has 0 unspecified atom stereocenters. The lowest BCUT2D eigenvalue weighted by Crippen LogP contribution is -2.42. The van der Waals surface area contributed by atoms with Gasteiger partial charge in [-0.25, -0.2) is 4.68 Å². The maximum atomic E-state index is 12.9. The molecular weight excluding hydrogens is 339 g/mol. The lowest BCUT2D eigenvalue weighted by Gasteiger charge is -2.33. The number of nitrogens with zero attached hydrogens (tertiary/aromatic N) is 5. The summed E-state index contributed by atoms with van der Waals surface area (Å²) in [4.78, 5) is 5.82. The second kappa shape index (κ2) is 6.64. The highest BCUT2D eigenvalue weighted by atomic mass is 32.1. The van der Waals surface area contributed by atoms with Crippen LogP contribution in [0.5, 0.6) is 0 Å². The van der Waals surface area contributed by atoms with Gasteiger partial charge in [-0.05, 0) is 43.7 Å². The Hall–Kier alpha value is -1.74. The molecule has 0 saturated carbocycles. The van der Waals surface area contributed by atoms with Crippen molar-refractivity contribution in [2.24, 2.45) is 13.0 Å². The number of hydrogen-bond acceptors (Lipinski definition) is 4. The minimum atomic E-state index is -4.15. The summed E-state index contributed by atoms with van der Waals surface area (Å²) in [6.07, 6.45) is -0.0817. The van der Waals surface area contributed by atoms with E-state index in [0.717, 1.165) is 5.56 Å². The topological polar surface area (TPSA) is 38.9 Å². The monoisotopic (exact) mass is 357 g/mol. The van der Waals surface area contributed by atoms with Gasteiger partial charge < -0.3 is 4.57 Å². The Balaban J connectivity index is 1.80. The molecule has 2 aromatic rings. The van der Waals surface area contributed by atoms with Crippen LogP contribution in [0.1, 0.15) is 12.8 Å². The molecule has 2 aromatic heterocycles. The first-order valence-electron chi connectivity index (χ1n) is 7.69. The molecule has 0 amide bonds. The minimum absolute atomic E-state index is 0.00985. The van der Waals surface area contributed by atoms with E-state index in [9.17, 15) is 13.2 Å². The fourth-order valence-corrected chi connectivity index (χ4v) is 3.15. The molecule has 1 saturated heterocycles. The van der Waals surface area contributed by atoms with E-state index < -0.39 is 12.1 Å². The molecule has 0 N–H and O–H groups in total. The second-order valence-electron chi connectivity index (χ2n) is 6.01. The molecule has 1 aliphatic heterocycles. The van der Waals surface area contributed by atoms with E-state index in [-0.39, 0.29) is 19.6 Å². The SMILES string of the molecule is Cn1c(-c2cccnc2)nn(CN2CCC[C@@H](C(F)(F)F)C2)c1=S. The third-order valence-electron chi connectivity index (χ3n) is 4.26. The van der Waals surface area contributed by atoms with Crippen molar-refractivity contribution in [1.29, 1.82) is 0 Å². The third-order valence-corrected chi connectivity index (χ3v) is 4.75. The number of alkyl halides is 3. The van der Waals surface area contributed by atoms with Gasteiger partial charge in [0.1, 0.15) is 0 Å². The highest BCUT2D eigenvalue weighted by Gasteiger charge is 2.41. The molecule has 3 rings (SSSR count). The van der Waals surface area contributed by atoms with Gasteiger partial charge in [-0.1, -0.05) is 0 Å². The number of aromatic nitrogens is 4. The first kappa shape index (κ1) is 17.1. The van der Waals surface area contributed by atoms with Crippen LogP contribution in [0.15, 0.2) is 24.5 Å². The van der Waals surface area contributed by atoms with Crippen LogP contribution in [0, 0.1) is 10.7 Å². The van der Waals surface area contributed by atoms with E-state index >= 15 is 0 Å². The largest absolute Gasteiger partial charge is 0.393 e. The summed E-state index contributed by atoms with van der Waals surface area (Å²) in [5, 5.41) is 4.47. The number of hydrogen-bond donors (Lipinski definition) is 0. The minimum Gasteiger partial charge on any atom is -0.303 e. The zero-order chi connectivity index (χ0) is 17.3. The summed E-state index contributed by atoms with van der Waals surface area (Å²) < 4.78 is 42.6.